The molecule has 1 fully saturated rings. The number of halogens is 1. The van der Waals surface area contributed by atoms with Crippen molar-refractivity contribution in [3.63, 3.8) is 0 Å². The van der Waals surface area contributed by atoms with Crippen LogP contribution >= 0.6 is 0 Å². The fourth-order valence-corrected chi connectivity index (χ4v) is 2.79. The quantitative estimate of drug-likeness (QED) is 0.899. The molecule has 0 spiro atoms. The van der Waals surface area contributed by atoms with Crippen molar-refractivity contribution in [1.29, 1.82) is 0 Å². The maximum Gasteiger partial charge on any atom is 0.244 e. The van der Waals surface area contributed by atoms with E-state index in [2.05, 4.69) is 20.1 Å². The van der Waals surface area contributed by atoms with Crippen LogP contribution in [0.15, 0.2) is 24.3 Å². The number of hydrogen-bond acceptors (Lipinski definition) is 4. The molecule has 5 nitrogen and oxygen atoms in total. The normalized spacial score (nSPS) is 19.0. The van der Waals surface area contributed by atoms with Gasteiger partial charge in [-0.05, 0) is 43.0 Å². The number of piperidine rings is 1. The highest BCUT2D eigenvalue weighted by Crippen LogP contribution is 2.20. The van der Waals surface area contributed by atoms with Crippen LogP contribution in [-0.4, -0.2) is 34.8 Å². The van der Waals surface area contributed by atoms with Crippen LogP contribution in [-0.2, 0) is 6.42 Å². The number of aromatic amines is 1. The van der Waals surface area contributed by atoms with Crippen LogP contribution in [0.3, 0.4) is 0 Å². The Morgan fingerprint density at radius 3 is 3.14 bits per heavy atom. The van der Waals surface area contributed by atoms with E-state index in [9.17, 15) is 4.39 Å². The minimum Gasteiger partial charge on any atom is -0.339 e. The van der Waals surface area contributed by atoms with Crippen molar-refractivity contribution in [1.82, 2.24) is 15.2 Å². The second kappa shape index (κ2) is 6.22. The number of nitrogens with two attached hydrogens (primary N) is 1. The summed E-state index contributed by atoms with van der Waals surface area (Å²) in [6.07, 6.45) is 2.85. The summed E-state index contributed by atoms with van der Waals surface area (Å²) in [5.41, 5.74) is 6.64. The van der Waals surface area contributed by atoms with Crippen LogP contribution in [0.4, 0.5) is 10.3 Å². The van der Waals surface area contributed by atoms with Crippen molar-refractivity contribution < 1.29 is 4.39 Å². The number of nitrogens with zero attached hydrogens (tertiary/aromatic N) is 3. The van der Waals surface area contributed by atoms with Crippen molar-refractivity contribution in [2.45, 2.75) is 19.3 Å². The van der Waals surface area contributed by atoms with Crippen LogP contribution in [0.1, 0.15) is 24.2 Å². The van der Waals surface area contributed by atoms with Crippen molar-refractivity contribution in [2.75, 3.05) is 24.5 Å². The smallest absolute Gasteiger partial charge is 0.244 e. The van der Waals surface area contributed by atoms with Gasteiger partial charge in [-0.3, -0.25) is 5.10 Å². The molecule has 1 aromatic carbocycles. The van der Waals surface area contributed by atoms with Crippen LogP contribution in [0.5, 0.6) is 0 Å². The lowest BCUT2D eigenvalue weighted by Crippen LogP contribution is -2.39. The van der Waals surface area contributed by atoms with E-state index >= 15 is 0 Å². The van der Waals surface area contributed by atoms with Gasteiger partial charge in [-0.1, -0.05) is 12.1 Å². The monoisotopic (exact) mass is 289 g/mol. The Labute approximate surface area is 123 Å². The number of hydrogen-bond donors (Lipinski definition) is 2. The summed E-state index contributed by atoms with van der Waals surface area (Å²) in [6.45, 7) is 2.58. The molecule has 1 atom stereocenters. The van der Waals surface area contributed by atoms with Crippen molar-refractivity contribution in [3.8, 4) is 0 Å². The molecule has 21 heavy (non-hydrogen) atoms. The fraction of sp³-hybridized carbons (Fsp3) is 0.467. The molecule has 3 rings (SSSR count). The second-order valence-corrected chi connectivity index (χ2v) is 5.58. The zero-order chi connectivity index (χ0) is 14.7. The average Bonchev–Trinajstić information content (AvgIpc) is 2.96. The summed E-state index contributed by atoms with van der Waals surface area (Å²) in [5.74, 6) is 1.77. The van der Waals surface area contributed by atoms with Crippen LogP contribution in [0.25, 0.3) is 0 Å². The molecule has 0 aliphatic carbocycles. The molecule has 6 heteroatoms. The van der Waals surface area contributed by atoms with Gasteiger partial charge >= 0.3 is 0 Å². The zero-order valence-electron chi connectivity index (χ0n) is 11.9. The Morgan fingerprint density at radius 2 is 2.33 bits per heavy atom. The van der Waals surface area contributed by atoms with Gasteiger partial charge in [0.2, 0.25) is 5.95 Å². The Bertz CT molecular complexity index is 597. The summed E-state index contributed by atoms with van der Waals surface area (Å²) in [6, 6.07) is 6.55. The highest BCUT2D eigenvalue weighted by molar-refractivity contribution is 5.31. The van der Waals surface area contributed by atoms with E-state index in [1.807, 2.05) is 6.07 Å². The van der Waals surface area contributed by atoms with Crippen LogP contribution < -0.4 is 10.6 Å². The molecular formula is C15H20FN5. The highest BCUT2D eigenvalue weighted by atomic mass is 19.1. The lowest BCUT2D eigenvalue weighted by molar-refractivity contribution is 0.420. The van der Waals surface area contributed by atoms with Gasteiger partial charge in [0, 0.05) is 19.5 Å². The van der Waals surface area contributed by atoms with Crippen LogP contribution in [0, 0.1) is 11.7 Å². The Morgan fingerprint density at radius 1 is 1.43 bits per heavy atom. The topological polar surface area (TPSA) is 70.8 Å². The summed E-state index contributed by atoms with van der Waals surface area (Å²) in [7, 11) is 0. The molecule has 1 aliphatic rings. The molecule has 1 aromatic heterocycles. The summed E-state index contributed by atoms with van der Waals surface area (Å²) in [5, 5.41) is 7.23. The zero-order valence-corrected chi connectivity index (χ0v) is 11.9. The van der Waals surface area contributed by atoms with E-state index in [4.69, 9.17) is 5.73 Å². The number of anilines is 1. The first-order valence-corrected chi connectivity index (χ1v) is 7.35. The first kappa shape index (κ1) is 14.0. The Balaban J connectivity index is 1.68. The highest BCUT2D eigenvalue weighted by Gasteiger charge is 2.21. The van der Waals surface area contributed by atoms with Gasteiger partial charge in [-0.15, -0.1) is 5.10 Å². The van der Waals surface area contributed by atoms with Crippen LogP contribution in [0.2, 0.25) is 0 Å². The molecule has 0 bridgehead atoms. The third kappa shape index (κ3) is 3.39. The number of aromatic nitrogens is 3. The first-order valence-electron chi connectivity index (χ1n) is 7.35. The van der Waals surface area contributed by atoms with Gasteiger partial charge in [0.1, 0.15) is 11.6 Å². The van der Waals surface area contributed by atoms with E-state index in [0.717, 1.165) is 36.8 Å². The average molecular weight is 289 g/mol. The van der Waals surface area contributed by atoms with E-state index in [1.165, 1.54) is 18.6 Å². The maximum atomic E-state index is 13.2. The number of benzene rings is 1. The number of nitrogens with one attached hydrogen (secondary N) is 1. The van der Waals surface area contributed by atoms with E-state index < -0.39 is 0 Å². The third-order valence-electron chi connectivity index (χ3n) is 3.92. The van der Waals surface area contributed by atoms with Crippen molar-refractivity contribution in [3.05, 3.63) is 41.5 Å². The van der Waals surface area contributed by atoms with E-state index in [-0.39, 0.29) is 5.82 Å². The van der Waals surface area contributed by atoms with Gasteiger partial charge in [-0.25, -0.2) is 4.39 Å². The molecule has 1 aliphatic heterocycles. The van der Waals surface area contributed by atoms with Gasteiger partial charge in [0.15, 0.2) is 0 Å². The molecule has 1 unspecified atom stereocenters. The maximum absolute atomic E-state index is 13.2. The molecular weight excluding hydrogens is 269 g/mol. The van der Waals surface area contributed by atoms with Gasteiger partial charge in [0.25, 0.3) is 0 Å². The molecule has 0 saturated carbocycles. The standard InChI is InChI=1S/C15H20FN5/c16-13-5-1-3-11(7-13)8-14-18-15(20-19-14)21-6-2-4-12(9-17)10-21/h1,3,5,7,12H,2,4,6,8-10,17H2,(H,18,19,20). The number of rotatable bonds is 4. The second-order valence-electron chi connectivity index (χ2n) is 5.58. The molecule has 112 valence electrons. The summed E-state index contributed by atoms with van der Waals surface area (Å²) >= 11 is 0. The lowest BCUT2D eigenvalue weighted by Gasteiger charge is -2.31. The summed E-state index contributed by atoms with van der Waals surface area (Å²) < 4.78 is 13.2. The summed E-state index contributed by atoms with van der Waals surface area (Å²) in [4.78, 5) is 6.70. The number of H-pyrrole nitrogens is 1. The SMILES string of the molecule is NCC1CCCN(c2n[nH]c(Cc3cccc(F)c3)n2)C1. The van der Waals surface area contributed by atoms with Gasteiger partial charge in [0.05, 0.1) is 0 Å². The largest absolute Gasteiger partial charge is 0.339 e. The predicted molar refractivity (Wildman–Crippen MR) is 79.6 cm³/mol. The molecule has 3 N–H and O–H groups in total. The molecule has 2 heterocycles. The van der Waals surface area contributed by atoms with Crippen molar-refractivity contribution >= 4 is 5.95 Å². The van der Waals surface area contributed by atoms with Gasteiger partial charge in [-0.2, -0.15) is 4.98 Å². The molecule has 1 saturated heterocycles. The molecule has 0 radical (unpaired) electrons. The minimum atomic E-state index is -0.228. The van der Waals surface area contributed by atoms with Gasteiger partial charge < -0.3 is 10.6 Å². The predicted octanol–water partition coefficient (Wildman–Crippen LogP) is 1.71. The van der Waals surface area contributed by atoms with E-state index in [0.29, 0.717) is 18.9 Å². The fourth-order valence-electron chi connectivity index (χ4n) is 2.79. The van der Waals surface area contributed by atoms with Crippen molar-refractivity contribution in [2.24, 2.45) is 11.7 Å². The Kier molecular flexibility index (Phi) is 4.15. The molecule has 2 aromatic rings. The Hall–Kier alpha value is -1.95. The third-order valence-corrected chi connectivity index (χ3v) is 3.92. The van der Waals surface area contributed by atoms with E-state index in [1.54, 1.807) is 6.07 Å². The molecule has 0 amide bonds. The lowest BCUT2D eigenvalue weighted by atomic mass is 9.99. The first-order chi connectivity index (χ1) is 10.2. The minimum absolute atomic E-state index is 0.228.